The minimum Gasteiger partial charge on any atom is -0.346 e. The molecule has 0 aliphatic carbocycles. The molecule has 0 saturated carbocycles. The maximum absolute atomic E-state index is 3.55. The molecule has 2 aromatic carbocycles. The minimum atomic E-state index is 0.193. The van der Waals surface area contributed by atoms with Crippen molar-refractivity contribution >= 4 is 0 Å². The van der Waals surface area contributed by atoms with Gasteiger partial charge in [0, 0.05) is 43.5 Å². The van der Waals surface area contributed by atoms with Gasteiger partial charge in [0.15, 0.2) is 0 Å². The Labute approximate surface area is 156 Å². The number of benzene rings is 2. The first-order valence-corrected chi connectivity index (χ1v) is 9.59. The molecule has 0 amide bonds. The van der Waals surface area contributed by atoms with E-state index in [1.165, 1.54) is 33.5 Å². The highest BCUT2D eigenvalue weighted by Crippen LogP contribution is 2.32. The number of hydrogen-bond donors (Lipinski definition) is 1. The Bertz CT molecular complexity index is 880. The molecule has 26 heavy (non-hydrogen) atoms. The van der Waals surface area contributed by atoms with E-state index in [2.05, 4.69) is 91.4 Å². The number of nitrogens with zero attached hydrogens (tertiary/aromatic N) is 1. The molecule has 0 radical (unpaired) electrons. The van der Waals surface area contributed by atoms with Gasteiger partial charge in [-0.1, -0.05) is 75.4 Å². The lowest BCUT2D eigenvalue weighted by molar-refractivity contribution is 0.590. The van der Waals surface area contributed by atoms with Crippen LogP contribution in [0.25, 0.3) is 11.1 Å². The smallest absolute Gasteiger partial charge is 0.0473 e. The van der Waals surface area contributed by atoms with Gasteiger partial charge >= 0.3 is 0 Å². The Morgan fingerprint density at radius 1 is 0.962 bits per heavy atom. The van der Waals surface area contributed by atoms with Crippen molar-refractivity contribution in [1.29, 1.82) is 0 Å². The predicted molar refractivity (Wildman–Crippen MR) is 110 cm³/mol. The fourth-order valence-electron chi connectivity index (χ4n) is 3.87. The fourth-order valence-corrected chi connectivity index (χ4v) is 3.87. The molecular weight excluding hydrogens is 316 g/mol. The molecule has 1 aromatic heterocycles. The zero-order chi connectivity index (χ0) is 18.1. The fraction of sp³-hybridized carbons (Fsp3) is 0.333. The molecule has 1 aliphatic heterocycles. The van der Waals surface area contributed by atoms with Crippen LogP contribution in [0.4, 0.5) is 0 Å². The van der Waals surface area contributed by atoms with E-state index in [1.807, 2.05) is 0 Å². The van der Waals surface area contributed by atoms with E-state index in [4.69, 9.17) is 0 Å². The van der Waals surface area contributed by atoms with E-state index in [9.17, 15) is 0 Å². The molecule has 2 nitrogen and oxygen atoms in total. The Hall–Kier alpha value is -2.32. The summed E-state index contributed by atoms with van der Waals surface area (Å²) in [5.41, 5.74) is 8.60. The normalized spacial score (nSPS) is 14.3. The monoisotopic (exact) mass is 344 g/mol. The van der Waals surface area contributed by atoms with Crippen molar-refractivity contribution in [3.63, 3.8) is 0 Å². The van der Waals surface area contributed by atoms with Gasteiger partial charge in [-0.2, -0.15) is 0 Å². The minimum absolute atomic E-state index is 0.193. The maximum Gasteiger partial charge on any atom is 0.0473 e. The average molecular weight is 345 g/mol. The SMILES string of the molecule is CC(C)(C)c1ccc(-c2cn(Cc3ccccc3)c3c2CNCC3)cc1. The molecule has 1 N–H and O–H groups in total. The molecule has 1 aliphatic rings. The molecule has 0 fully saturated rings. The third-order valence-electron chi connectivity index (χ3n) is 5.40. The van der Waals surface area contributed by atoms with Crippen molar-refractivity contribution in [3.05, 3.63) is 83.2 Å². The van der Waals surface area contributed by atoms with Crippen LogP contribution in [0.15, 0.2) is 60.8 Å². The van der Waals surface area contributed by atoms with E-state index >= 15 is 0 Å². The van der Waals surface area contributed by atoms with Gasteiger partial charge in [-0.05, 0) is 27.7 Å². The molecule has 0 atom stereocenters. The molecule has 2 heteroatoms. The third-order valence-corrected chi connectivity index (χ3v) is 5.40. The molecule has 2 heterocycles. The van der Waals surface area contributed by atoms with Gasteiger partial charge in [-0.25, -0.2) is 0 Å². The molecule has 0 spiro atoms. The first-order valence-electron chi connectivity index (χ1n) is 9.59. The van der Waals surface area contributed by atoms with Gasteiger partial charge in [0.2, 0.25) is 0 Å². The summed E-state index contributed by atoms with van der Waals surface area (Å²) in [6.45, 7) is 9.78. The summed E-state index contributed by atoms with van der Waals surface area (Å²) in [7, 11) is 0. The lowest BCUT2D eigenvalue weighted by atomic mass is 9.86. The molecule has 4 rings (SSSR count). The van der Waals surface area contributed by atoms with Crippen LogP contribution in [-0.4, -0.2) is 11.1 Å². The van der Waals surface area contributed by atoms with Gasteiger partial charge in [0.1, 0.15) is 0 Å². The topological polar surface area (TPSA) is 17.0 Å². The van der Waals surface area contributed by atoms with Crippen LogP contribution in [0.2, 0.25) is 0 Å². The predicted octanol–water partition coefficient (Wildman–Crippen LogP) is 5.15. The van der Waals surface area contributed by atoms with Crippen molar-refractivity contribution in [1.82, 2.24) is 9.88 Å². The maximum atomic E-state index is 3.55. The number of rotatable bonds is 3. The standard InChI is InChI=1S/C24H28N2/c1-24(2,3)20-11-9-19(10-12-20)22-17-26(16-18-7-5-4-6-8-18)23-13-14-25-15-21(22)23/h4-12,17,25H,13-16H2,1-3H3. The largest absolute Gasteiger partial charge is 0.346 e. The first kappa shape index (κ1) is 17.1. The Kier molecular flexibility index (Phi) is 4.46. The van der Waals surface area contributed by atoms with E-state index < -0.39 is 0 Å². The van der Waals surface area contributed by atoms with E-state index in [1.54, 1.807) is 0 Å². The lowest BCUT2D eigenvalue weighted by Crippen LogP contribution is -2.25. The highest BCUT2D eigenvalue weighted by molar-refractivity contribution is 5.69. The highest BCUT2D eigenvalue weighted by Gasteiger charge is 2.20. The molecular formula is C24H28N2. The van der Waals surface area contributed by atoms with E-state index in [-0.39, 0.29) is 5.41 Å². The molecule has 0 unspecified atom stereocenters. The summed E-state index contributed by atoms with van der Waals surface area (Å²) in [4.78, 5) is 0. The summed E-state index contributed by atoms with van der Waals surface area (Å²) in [5.74, 6) is 0. The van der Waals surface area contributed by atoms with Crippen molar-refractivity contribution < 1.29 is 0 Å². The van der Waals surface area contributed by atoms with E-state index in [0.717, 1.165) is 26.1 Å². The molecule has 0 bridgehead atoms. The second-order valence-corrected chi connectivity index (χ2v) is 8.34. The highest BCUT2D eigenvalue weighted by atomic mass is 15.0. The summed E-state index contributed by atoms with van der Waals surface area (Å²) >= 11 is 0. The Morgan fingerprint density at radius 3 is 2.38 bits per heavy atom. The summed E-state index contributed by atoms with van der Waals surface area (Å²) in [5, 5.41) is 3.55. The molecule has 134 valence electrons. The van der Waals surface area contributed by atoms with Crippen LogP contribution in [-0.2, 0) is 24.9 Å². The van der Waals surface area contributed by atoms with Crippen LogP contribution >= 0.6 is 0 Å². The number of fused-ring (bicyclic) bond motifs is 1. The second-order valence-electron chi connectivity index (χ2n) is 8.34. The number of aromatic nitrogens is 1. The summed E-state index contributed by atoms with van der Waals surface area (Å²) in [6, 6.07) is 19.9. The number of hydrogen-bond acceptors (Lipinski definition) is 1. The Morgan fingerprint density at radius 2 is 1.69 bits per heavy atom. The first-order chi connectivity index (χ1) is 12.5. The van der Waals surface area contributed by atoms with Gasteiger partial charge < -0.3 is 9.88 Å². The van der Waals surface area contributed by atoms with Crippen molar-refractivity contribution in [2.75, 3.05) is 6.54 Å². The zero-order valence-electron chi connectivity index (χ0n) is 16.0. The number of nitrogens with one attached hydrogen (secondary N) is 1. The second kappa shape index (κ2) is 6.77. The van der Waals surface area contributed by atoms with Gasteiger partial charge in [-0.3, -0.25) is 0 Å². The van der Waals surface area contributed by atoms with Crippen LogP contribution in [0.5, 0.6) is 0 Å². The van der Waals surface area contributed by atoms with Crippen molar-refractivity contribution in [2.45, 2.75) is 45.7 Å². The van der Waals surface area contributed by atoms with Crippen LogP contribution in [0, 0.1) is 0 Å². The lowest BCUT2D eigenvalue weighted by Gasteiger charge is -2.20. The Balaban J connectivity index is 1.72. The van der Waals surface area contributed by atoms with Gasteiger partial charge in [0.25, 0.3) is 0 Å². The molecule has 0 saturated heterocycles. The quantitative estimate of drug-likeness (QED) is 0.695. The van der Waals surface area contributed by atoms with Crippen LogP contribution in [0.3, 0.4) is 0 Å². The summed E-state index contributed by atoms with van der Waals surface area (Å²) in [6.07, 6.45) is 3.46. The van der Waals surface area contributed by atoms with Crippen LogP contribution in [0.1, 0.15) is 43.2 Å². The van der Waals surface area contributed by atoms with Gasteiger partial charge in [0.05, 0.1) is 0 Å². The van der Waals surface area contributed by atoms with Crippen molar-refractivity contribution in [3.8, 4) is 11.1 Å². The zero-order valence-corrected chi connectivity index (χ0v) is 16.0. The van der Waals surface area contributed by atoms with Gasteiger partial charge in [-0.15, -0.1) is 0 Å². The third kappa shape index (κ3) is 3.34. The van der Waals surface area contributed by atoms with Crippen LogP contribution < -0.4 is 5.32 Å². The average Bonchev–Trinajstić information content (AvgIpc) is 3.01. The summed E-state index contributed by atoms with van der Waals surface area (Å²) < 4.78 is 2.46. The van der Waals surface area contributed by atoms with E-state index in [0.29, 0.717) is 0 Å². The van der Waals surface area contributed by atoms with Crippen molar-refractivity contribution in [2.24, 2.45) is 0 Å². The molecule has 3 aromatic rings.